The number of halogens is 1. The molecule has 92 valence electrons. The third-order valence-electron chi connectivity index (χ3n) is 3.00. The molecule has 2 rings (SSSR count). The van der Waals surface area contributed by atoms with E-state index in [0.29, 0.717) is 17.5 Å². The third-order valence-corrected chi connectivity index (χ3v) is 3.00. The molecule has 0 radical (unpaired) electrons. The van der Waals surface area contributed by atoms with Gasteiger partial charge in [-0.1, -0.05) is 19.4 Å². The number of hydrogen-bond donors (Lipinski definition) is 1. The van der Waals surface area contributed by atoms with Crippen LogP contribution >= 0.6 is 0 Å². The summed E-state index contributed by atoms with van der Waals surface area (Å²) in [7, 11) is 1.87. The summed E-state index contributed by atoms with van der Waals surface area (Å²) in [5, 5.41) is 3.73. The number of fused-ring (bicyclic) bond motifs is 1. The summed E-state index contributed by atoms with van der Waals surface area (Å²) in [5.74, 6) is 0.678. The minimum atomic E-state index is -0.180. The van der Waals surface area contributed by atoms with E-state index in [0.717, 1.165) is 29.7 Å². The topological polar surface area (TPSA) is 25.2 Å². The van der Waals surface area contributed by atoms with Crippen LogP contribution in [-0.4, -0.2) is 7.05 Å². The second kappa shape index (κ2) is 4.88. The monoisotopic (exact) mass is 235 g/mol. The molecule has 0 bridgehead atoms. The average Bonchev–Trinajstić information content (AvgIpc) is 2.66. The van der Waals surface area contributed by atoms with Crippen molar-refractivity contribution in [2.75, 3.05) is 7.05 Å². The van der Waals surface area contributed by atoms with E-state index in [9.17, 15) is 4.39 Å². The zero-order valence-electron chi connectivity index (χ0n) is 10.6. The van der Waals surface area contributed by atoms with Gasteiger partial charge >= 0.3 is 0 Å². The maximum Gasteiger partial charge on any atom is 0.140 e. The zero-order valence-corrected chi connectivity index (χ0v) is 10.6. The first kappa shape index (κ1) is 12.1. The van der Waals surface area contributed by atoms with Crippen molar-refractivity contribution >= 4 is 11.0 Å². The predicted molar refractivity (Wildman–Crippen MR) is 67.7 cm³/mol. The zero-order chi connectivity index (χ0) is 12.4. The second-order valence-electron chi connectivity index (χ2n) is 4.35. The number of benzene rings is 1. The fourth-order valence-corrected chi connectivity index (χ4v) is 2.22. The van der Waals surface area contributed by atoms with Crippen LogP contribution in [0.2, 0.25) is 0 Å². The minimum absolute atomic E-state index is 0.180. The molecule has 0 spiro atoms. The molecule has 1 N–H and O–H groups in total. The molecule has 1 aromatic carbocycles. The lowest BCUT2D eigenvalue weighted by molar-refractivity contribution is 0.521. The van der Waals surface area contributed by atoms with E-state index in [1.165, 1.54) is 6.07 Å². The van der Waals surface area contributed by atoms with Gasteiger partial charge in [0.25, 0.3) is 0 Å². The minimum Gasteiger partial charge on any atom is -0.459 e. The summed E-state index contributed by atoms with van der Waals surface area (Å²) >= 11 is 0. The van der Waals surface area contributed by atoms with Gasteiger partial charge in [-0.3, -0.25) is 0 Å². The Balaban J connectivity index is 2.70. The molecule has 2 nitrogen and oxygen atoms in total. The van der Waals surface area contributed by atoms with Crippen LogP contribution in [0.5, 0.6) is 0 Å². The van der Waals surface area contributed by atoms with Crippen molar-refractivity contribution in [2.24, 2.45) is 0 Å². The Labute approximate surface area is 101 Å². The van der Waals surface area contributed by atoms with Gasteiger partial charge < -0.3 is 9.73 Å². The SMILES string of the molecule is CCCc1c(CNC)oc2c(C)ccc(F)c12. The van der Waals surface area contributed by atoms with Gasteiger partial charge in [0.15, 0.2) is 0 Å². The maximum atomic E-state index is 13.9. The van der Waals surface area contributed by atoms with E-state index < -0.39 is 0 Å². The Bertz CT molecular complexity index is 530. The summed E-state index contributed by atoms with van der Waals surface area (Å²) in [5.41, 5.74) is 2.69. The first-order valence-corrected chi connectivity index (χ1v) is 6.03. The summed E-state index contributed by atoms with van der Waals surface area (Å²) < 4.78 is 19.7. The molecule has 0 amide bonds. The van der Waals surface area contributed by atoms with Crippen molar-refractivity contribution in [1.29, 1.82) is 0 Å². The Morgan fingerprint density at radius 3 is 2.76 bits per heavy atom. The van der Waals surface area contributed by atoms with Crippen LogP contribution in [0.15, 0.2) is 16.5 Å². The first-order chi connectivity index (χ1) is 8.19. The van der Waals surface area contributed by atoms with Crippen molar-refractivity contribution in [3.05, 3.63) is 34.8 Å². The molecule has 3 heteroatoms. The fraction of sp³-hybridized carbons (Fsp3) is 0.429. The Morgan fingerprint density at radius 1 is 1.35 bits per heavy atom. The molecule has 0 atom stereocenters. The largest absolute Gasteiger partial charge is 0.459 e. The van der Waals surface area contributed by atoms with Crippen molar-refractivity contribution in [1.82, 2.24) is 5.32 Å². The normalized spacial score (nSPS) is 11.3. The second-order valence-corrected chi connectivity index (χ2v) is 4.35. The maximum absolute atomic E-state index is 13.9. The first-order valence-electron chi connectivity index (χ1n) is 6.03. The molecule has 1 aromatic heterocycles. The van der Waals surface area contributed by atoms with Gasteiger partial charge in [0, 0.05) is 5.56 Å². The van der Waals surface area contributed by atoms with Crippen LogP contribution in [0, 0.1) is 12.7 Å². The summed E-state index contributed by atoms with van der Waals surface area (Å²) in [4.78, 5) is 0. The molecule has 0 aliphatic carbocycles. The molecule has 0 saturated carbocycles. The molecule has 17 heavy (non-hydrogen) atoms. The highest BCUT2D eigenvalue weighted by Gasteiger charge is 2.17. The molecular weight excluding hydrogens is 217 g/mol. The number of nitrogens with one attached hydrogen (secondary N) is 1. The van der Waals surface area contributed by atoms with E-state index in [1.807, 2.05) is 14.0 Å². The number of aryl methyl sites for hydroxylation is 2. The summed E-state index contributed by atoms with van der Waals surface area (Å²) in [6, 6.07) is 3.29. The van der Waals surface area contributed by atoms with E-state index >= 15 is 0 Å². The average molecular weight is 235 g/mol. The molecular formula is C14H18FNO. The quantitative estimate of drug-likeness (QED) is 0.876. The van der Waals surface area contributed by atoms with Crippen molar-refractivity contribution < 1.29 is 8.81 Å². The molecule has 0 unspecified atom stereocenters. The number of hydrogen-bond acceptors (Lipinski definition) is 2. The standard InChI is InChI=1S/C14H18FNO/c1-4-5-10-12(8-16-3)17-14-9(2)6-7-11(15)13(10)14/h6-7,16H,4-5,8H2,1-3H3. The van der Waals surface area contributed by atoms with Gasteiger partial charge in [-0.25, -0.2) is 4.39 Å². The number of rotatable bonds is 4. The van der Waals surface area contributed by atoms with E-state index in [4.69, 9.17) is 4.42 Å². The van der Waals surface area contributed by atoms with Crippen LogP contribution in [-0.2, 0) is 13.0 Å². The van der Waals surface area contributed by atoms with Crippen LogP contribution in [0.1, 0.15) is 30.2 Å². The highest BCUT2D eigenvalue weighted by atomic mass is 19.1. The summed E-state index contributed by atoms with van der Waals surface area (Å²) in [6.07, 6.45) is 1.84. The van der Waals surface area contributed by atoms with Crippen molar-refractivity contribution in [2.45, 2.75) is 33.2 Å². The van der Waals surface area contributed by atoms with Gasteiger partial charge in [-0.2, -0.15) is 0 Å². The van der Waals surface area contributed by atoms with E-state index in [-0.39, 0.29) is 5.82 Å². The molecule has 1 heterocycles. The third kappa shape index (κ3) is 2.07. The molecule has 0 saturated heterocycles. The molecule has 0 aliphatic rings. The number of furan rings is 1. The Kier molecular flexibility index (Phi) is 3.48. The van der Waals surface area contributed by atoms with Gasteiger partial charge in [0.05, 0.1) is 11.9 Å². The predicted octanol–water partition coefficient (Wildman–Crippen LogP) is 3.55. The van der Waals surface area contributed by atoms with Gasteiger partial charge in [0.2, 0.25) is 0 Å². The smallest absolute Gasteiger partial charge is 0.140 e. The molecule has 0 fully saturated rings. The van der Waals surface area contributed by atoms with Crippen molar-refractivity contribution in [3.63, 3.8) is 0 Å². The van der Waals surface area contributed by atoms with Gasteiger partial charge in [0.1, 0.15) is 17.2 Å². The van der Waals surface area contributed by atoms with Crippen LogP contribution in [0.3, 0.4) is 0 Å². The highest BCUT2D eigenvalue weighted by molar-refractivity contribution is 5.85. The lowest BCUT2D eigenvalue weighted by atomic mass is 10.0. The lowest BCUT2D eigenvalue weighted by Crippen LogP contribution is -2.06. The molecule has 0 aliphatic heterocycles. The van der Waals surface area contributed by atoms with E-state index in [1.54, 1.807) is 6.07 Å². The van der Waals surface area contributed by atoms with Crippen molar-refractivity contribution in [3.8, 4) is 0 Å². The van der Waals surface area contributed by atoms with E-state index in [2.05, 4.69) is 12.2 Å². The van der Waals surface area contributed by atoms with Crippen LogP contribution in [0.4, 0.5) is 4.39 Å². The summed E-state index contributed by atoms with van der Waals surface area (Å²) in [6.45, 7) is 4.68. The van der Waals surface area contributed by atoms with Crippen LogP contribution < -0.4 is 5.32 Å². The molecule has 2 aromatic rings. The van der Waals surface area contributed by atoms with Gasteiger partial charge in [-0.05, 0) is 32.0 Å². The Hall–Kier alpha value is -1.35. The Morgan fingerprint density at radius 2 is 2.12 bits per heavy atom. The highest BCUT2D eigenvalue weighted by Crippen LogP contribution is 2.31. The van der Waals surface area contributed by atoms with Crippen LogP contribution in [0.25, 0.3) is 11.0 Å². The lowest BCUT2D eigenvalue weighted by Gasteiger charge is -2.01. The fourth-order valence-electron chi connectivity index (χ4n) is 2.22. The van der Waals surface area contributed by atoms with Gasteiger partial charge in [-0.15, -0.1) is 0 Å².